The first-order valence-corrected chi connectivity index (χ1v) is 13.2. The van der Waals surface area contributed by atoms with E-state index in [0.29, 0.717) is 30.9 Å². The first-order valence-electron chi connectivity index (χ1n) is 11.8. The smallest absolute Gasteiger partial charge is 0.264 e. The van der Waals surface area contributed by atoms with Gasteiger partial charge in [-0.25, -0.2) is 8.42 Å². The van der Waals surface area contributed by atoms with Gasteiger partial charge in [0.1, 0.15) is 0 Å². The van der Waals surface area contributed by atoms with Crippen LogP contribution in [0, 0.1) is 0 Å². The van der Waals surface area contributed by atoms with Crippen molar-refractivity contribution in [1.29, 1.82) is 0 Å². The third-order valence-corrected chi connectivity index (χ3v) is 7.94. The zero-order valence-electron chi connectivity index (χ0n) is 19.5. The first-order chi connectivity index (χ1) is 16.5. The molecule has 1 aliphatic rings. The van der Waals surface area contributed by atoms with Gasteiger partial charge in [-0.15, -0.1) is 0 Å². The molecular weight excluding hydrogens is 446 g/mol. The van der Waals surface area contributed by atoms with Crippen LogP contribution in [0.4, 0.5) is 11.4 Å². The maximum atomic E-state index is 13.6. The van der Waals surface area contributed by atoms with E-state index in [1.165, 1.54) is 10.4 Å². The van der Waals surface area contributed by atoms with Crippen molar-refractivity contribution in [2.45, 2.75) is 24.7 Å². The average molecular weight is 478 g/mol. The number of unbranched alkanes of at least 4 members (excludes halogenated alkanes) is 1. The van der Waals surface area contributed by atoms with Crippen molar-refractivity contribution in [3.05, 3.63) is 90.5 Å². The topological polar surface area (TPSA) is 60.9 Å². The Balaban J connectivity index is 1.52. The van der Waals surface area contributed by atoms with Crippen LogP contribution in [0.15, 0.2) is 89.8 Å². The van der Waals surface area contributed by atoms with E-state index in [-0.39, 0.29) is 10.8 Å². The Hall–Kier alpha value is -3.32. The number of hydrogen-bond acceptors (Lipinski definition) is 4. The molecule has 4 rings (SSSR count). The van der Waals surface area contributed by atoms with Gasteiger partial charge in [-0.3, -0.25) is 9.10 Å². The molecule has 0 unspecified atom stereocenters. The number of benzene rings is 3. The number of anilines is 2. The van der Waals surface area contributed by atoms with E-state index in [9.17, 15) is 13.2 Å². The molecule has 1 heterocycles. The number of hydrogen-bond donors (Lipinski definition) is 0. The monoisotopic (exact) mass is 477 g/mol. The molecule has 0 bridgehead atoms. The quantitative estimate of drug-likeness (QED) is 0.474. The molecule has 1 fully saturated rings. The number of carbonyl (C=O) groups excluding carboxylic acids is 1. The van der Waals surface area contributed by atoms with Gasteiger partial charge in [0.2, 0.25) is 0 Å². The van der Waals surface area contributed by atoms with Crippen LogP contribution in [0.5, 0.6) is 0 Å². The van der Waals surface area contributed by atoms with Crippen LogP contribution in [0.3, 0.4) is 0 Å². The molecule has 34 heavy (non-hydrogen) atoms. The maximum absolute atomic E-state index is 13.6. The van der Waals surface area contributed by atoms with Crippen molar-refractivity contribution in [1.82, 2.24) is 4.90 Å². The molecule has 0 aromatic heterocycles. The summed E-state index contributed by atoms with van der Waals surface area (Å²) >= 11 is 0. The second-order valence-electron chi connectivity index (χ2n) is 8.41. The summed E-state index contributed by atoms with van der Waals surface area (Å²) in [5, 5.41) is 0. The van der Waals surface area contributed by atoms with Gasteiger partial charge in [-0.05, 0) is 48.9 Å². The van der Waals surface area contributed by atoms with E-state index >= 15 is 0 Å². The zero-order chi connectivity index (χ0) is 24.0. The van der Waals surface area contributed by atoms with Gasteiger partial charge < -0.3 is 9.80 Å². The van der Waals surface area contributed by atoms with Crippen LogP contribution in [0.2, 0.25) is 0 Å². The molecule has 0 spiro atoms. The average Bonchev–Trinajstić information content (AvgIpc) is 2.90. The molecule has 1 aliphatic heterocycles. The predicted molar refractivity (Wildman–Crippen MR) is 137 cm³/mol. The highest BCUT2D eigenvalue weighted by Gasteiger charge is 2.27. The molecule has 3 aromatic carbocycles. The maximum Gasteiger partial charge on any atom is 0.264 e. The molecular formula is C27H31N3O3S. The van der Waals surface area contributed by atoms with Crippen LogP contribution in [0.25, 0.3) is 0 Å². The summed E-state index contributed by atoms with van der Waals surface area (Å²) in [7, 11) is -3.80. The third kappa shape index (κ3) is 5.25. The predicted octanol–water partition coefficient (Wildman–Crippen LogP) is 4.64. The third-order valence-electron chi connectivity index (χ3n) is 6.12. The Morgan fingerprint density at radius 2 is 1.50 bits per heavy atom. The fourth-order valence-corrected chi connectivity index (χ4v) is 5.74. The number of rotatable bonds is 8. The van der Waals surface area contributed by atoms with E-state index < -0.39 is 10.0 Å². The highest BCUT2D eigenvalue weighted by Crippen LogP contribution is 2.25. The number of para-hydroxylation sites is 2. The van der Waals surface area contributed by atoms with Gasteiger partial charge in [0.05, 0.1) is 10.6 Å². The molecule has 0 radical (unpaired) electrons. The standard InChI is InChI=1S/C27H31N3O3S/c1-2-3-17-30(25-14-8-5-9-15-25)34(32,33)26-16-10-11-23(22-26)27(31)29-20-18-28(19-21-29)24-12-6-4-7-13-24/h4-16,22H,2-3,17-21H2,1H3. The van der Waals surface area contributed by atoms with E-state index in [2.05, 4.69) is 17.0 Å². The van der Waals surface area contributed by atoms with Gasteiger partial charge in [-0.1, -0.05) is 55.8 Å². The van der Waals surface area contributed by atoms with Gasteiger partial charge in [0, 0.05) is 44.0 Å². The number of piperazine rings is 1. The lowest BCUT2D eigenvalue weighted by Gasteiger charge is -2.36. The van der Waals surface area contributed by atoms with Crippen molar-refractivity contribution in [3.63, 3.8) is 0 Å². The molecule has 3 aromatic rings. The number of carbonyl (C=O) groups is 1. The SMILES string of the molecule is CCCCN(c1ccccc1)S(=O)(=O)c1cccc(C(=O)N2CCN(c3ccccc3)CC2)c1. The molecule has 0 N–H and O–H groups in total. The normalized spacial score (nSPS) is 14.1. The Kier molecular flexibility index (Phi) is 7.53. The fraction of sp³-hybridized carbons (Fsp3) is 0.296. The van der Waals surface area contributed by atoms with Gasteiger partial charge in [-0.2, -0.15) is 0 Å². The number of amides is 1. The van der Waals surface area contributed by atoms with Gasteiger partial charge in [0.15, 0.2) is 0 Å². The summed E-state index contributed by atoms with van der Waals surface area (Å²) in [4.78, 5) is 17.4. The molecule has 6 nitrogen and oxygen atoms in total. The minimum Gasteiger partial charge on any atom is -0.368 e. The molecule has 1 saturated heterocycles. The van der Waals surface area contributed by atoms with Crippen LogP contribution in [-0.4, -0.2) is 51.9 Å². The second kappa shape index (κ2) is 10.7. The Labute approximate surface area is 202 Å². The zero-order valence-corrected chi connectivity index (χ0v) is 20.3. The fourth-order valence-electron chi connectivity index (χ4n) is 4.19. The van der Waals surface area contributed by atoms with Crippen LogP contribution in [0.1, 0.15) is 30.1 Å². The Bertz CT molecular complexity index is 1190. The Morgan fingerprint density at radius 3 is 2.15 bits per heavy atom. The highest BCUT2D eigenvalue weighted by molar-refractivity contribution is 7.92. The molecule has 0 atom stereocenters. The van der Waals surface area contributed by atoms with Crippen LogP contribution < -0.4 is 9.21 Å². The molecule has 178 valence electrons. The lowest BCUT2D eigenvalue weighted by atomic mass is 10.1. The van der Waals surface area contributed by atoms with E-state index in [1.807, 2.05) is 43.3 Å². The van der Waals surface area contributed by atoms with E-state index in [0.717, 1.165) is 31.6 Å². The lowest BCUT2D eigenvalue weighted by Crippen LogP contribution is -2.48. The van der Waals surface area contributed by atoms with Crippen LogP contribution in [-0.2, 0) is 10.0 Å². The number of nitrogens with zero attached hydrogens (tertiary/aromatic N) is 3. The Morgan fingerprint density at radius 1 is 0.853 bits per heavy atom. The molecule has 1 amide bonds. The summed E-state index contributed by atoms with van der Waals surface area (Å²) < 4.78 is 28.6. The summed E-state index contributed by atoms with van der Waals surface area (Å²) in [5.41, 5.74) is 2.18. The highest BCUT2D eigenvalue weighted by atomic mass is 32.2. The summed E-state index contributed by atoms with van der Waals surface area (Å²) in [6, 6.07) is 25.7. The minimum atomic E-state index is -3.80. The number of sulfonamides is 1. The minimum absolute atomic E-state index is 0.135. The largest absolute Gasteiger partial charge is 0.368 e. The van der Waals surface area contributed by atoms with Crippen molar-refractivity contribution in [2.75, 3.05) is 41.9 Å². The van der Waals surface area contributed by atoms with E-state index in [1.54, 1.807) is 35.2 Å². The molecule has 0 saturated carbocycles. The van der Waals surface area contributed by atoms with Gasteiger partial charge in [0.25, 0.3) is 15.9 Å². The summed E-state index contributed by atoms with van der Waals surface area (Å²) in [6.45, 7) is 5.10. The second-order valence-corrected chi connectivity index (χ2v) is 10.3. The lowest BCUT2D eigenvalue weighted by molar-refractivity contribution is 0.0746. The van der Waals surface area contributed by atoms with E-state index in [4.69, 9.17) is 0 Å². The summed E-state index contributed by atoms with van der Waals surface area (Å²) in [5.74, 6) is -0.135. The molecule has 0 aliphatic carbocycles. The summed E-state index contributed by atoms with van der Waals surface area (Å²) in [6.07, 6.45) is 1.63. The molecule has 7 heteroatoms. The van der Waals surface area contributed by atoms with Crippen molar-refractivity contribution < 1.29 is 13.2 Å². The van der Waals surface area contributed by atoms with Crippen molar-refractivity contribution in [3.8, 4) is 0 Å². The first kappa shape index (κ1) is 23.8. The van der Waals surface area contributed by atoms with Crippen LogP contribution >= 0.6 is 0 Å². The van der Waals surface area contributed by atoms with Gasteiger partial charge >= 0.3 is 0 Å². The van der Waals surface area contributed by atoms with Crippen molar-refractivity contribution >= 4 is 27.3 Å². The van der Waals surface area contributed by atoms with Crippen molar-refractivity contribution in [2.24, 2.45) is 0 Å².